The molecule has 0 aliphatic heterocycles. The van der Waals surface area contributed by atoms with Gasteiger partial charge >= 0.3 is 0 Å². The Balaban J connectivity index is 1.88. The number of benzene rings is 2. The van der Waals surface area contributed by atoms with Gasteiger partial charge in [0.25, 0.3) is 5.91 Å². The molecule has 2 aromatic rings. The predicted octanol–water partition coefficient (Wildman–Crippen LogP) is 2.92. The van der Waals surface area contributed by atoms with E-state index in [0.717, 1.165) is 9.26 Å². The van der Waals surface area contributed by atoms with Crippen LogP contribution in [0, 0.1) is 3.57 Å². The molecule has 1 amide bonds. The fourth-order valence-corrected chi connectivity index (χ4v) is 2.31. The minimum absolute atomic E-state index is 0.229. The predicted molar refractivity (Wildman–Crippen MR) is 92.4 cm³/mol. The zero-order chi connectivity index (χ0) is 14.4. The maximum absolute atomic E-state index is 12.0. The zero-order valence-corrected chi connectivity index (χ0v) is 13.4. The van der Waals surface area contributed by atoms with Crippen molar-refractivity contribution >= 4 is 51.5 Å². The first kappa shape index (κ1) is 14.7. The maximum Gasteiger partial charge on any atom is 0.270 e. The van der Waals surface area contributed by atoms with Crippen molar-refractivity contribution in [3.63, 3.8) is 0 Å². The molecule has 0 heterocycles. The Kier molecular flexibility index (Phi) is 5.31. The first-order valence-corrected chi connectivity index (χ1v) is 7.32. The number of anilines is 1. The van der Waals surface area contributed by atoms with Gasteiger partial charge in [0.1, 0.15) is 0 Å². The topological polar surface area (TPSA) is 53.2 Å². The quantitative estimate of drug-likeness (QED) is 0.415. The van der Waals surface area contributed by atoms with Gasteiger partial charge in [0.05, 0.1) is 5.56 Å². The lowest BCUT2D eigenvalue weighted by Crippen LogP contribution is -2.43. The Bertz CT molecular complexity index is 619. The highest BCUT2D eigenvalue weighted by Gasteiger charge is 2.08. The SMILES string of the molecule is O=C(NNC(=S)Nc1ccccc1)c1ccccc1I. The molecule has 2 aromatic carbocycles. The average Bonchev–Trinajstić information content (AvgIpc) is 2.46. The third-order valence-corrected chi connectivity index (χ3v) is 3.58. The largest absolute Gasteiger partial charge is 0.331 e. The molecule has 2 rings (SSSR count). The van der Waals surface area contributed by atoms with E-state index in [1.54, 1.807) is 6.07 Å². The molecule has 0 atom stereocenters. The van der Waals surface area contributed by atoms with Crippen LogP contribution in [-0.4, -0.2) is 11.0 Å². The van der Waals surface area contributed by atoms with Crippen LogP contribution in [0.2, 0.25) is 0 Å². The normalized spacial score (nSPS) is 9.65. The van der Waals surface area contributed by atoms with E-state index < -0.39 is 0 Å². The lowest BCUT2D eigenvalue weighted by Gasteiger charge is -2.12. The van der Waals surface area contributed by atoms with Crippen molar-refractivity contribution in [2.75, 3.05) is 5.32 Å². The van der Waals surface area contributed by atoms with E-state index >= 15 is 0 Å². The fraction of sp³-hybridized carbons (Fsp3) is 0. The second-order valence-electron chi connectivity index (χ2n) is 3.88. The zero-order valence-electron chi connectivity index (χ0n) is 10.4. The minimum atomic E-state index is -0.229. The van der Waals surface area contributed by atoms with E-state index in [0.29, 0.717) is 10.7 Å². The molecule has 4 nitrogen and oxygen atoms in total. The summed E-state index contributed by atoms with van der Waals surface area (Å²) in [4.78, 5) is 12.0. The van der Waals surface area contributed by atoms with Crippen LogP contribution in [0.4, 0.5) is 5.69 Å². The molecule has 0 bridgehead atoms. The monoisotopic (exact) mass is 397 g/mol. The van der Waals surface area contributed by atoms with Crippen LogP contribution in [0.1, 0.15) is 10.4 Å². The van der Waals surface area contributed by atoms with Gasteiger partial charge in [0.15, 0.2) is 5.11 Å². The van der Waals surface area contributed by atoms with Crippen LogP contribution in [-0.2, 0) is 0 Å². The van der Waals surface area contributed by atoms with Crippen molar-refractivity contribution in [3.05, 3.63) is 63.7 Å². The number of carbonyl (C=O) groups is 1. The second kappa shape index (κ2) is 7.20. The number of halogens is 1. The fourth-order valence-electron chi connectivity index (χ4n) is 1.51. The van der Waals surface area contributed by atoms with Crippen molar-refractivity contribution in [1.29, 1.82) is 0 Å². The van der Waals surface area contributed by atoms with Gasteiger partial charge in [-0.3, -0.25) is 15.6 Å². The molecule has 0 fully saturated rings. The smallest absolute Gasteiger partial charge is 0.270 e. The Morgan fingerprint density at radius 2 is 1.60 bits per heavy atom. The number of para-hydroxylation sites is 1. The van der Waals surface area contributed by atoms with Crippen molar-refractivity contribution in [1.82, 2.24) is 10.9 Å². The van der Waals surface area contributed by atoms with E-state index in [1.807, 2.05) is 48.5 Å². The Morgan fingerprint density at radius 1 is 0.950 bits per heavy atom. The second-order valence-corrected chi connectivity index (χ2v) is 5.45. The number of amides is 1. The molecule has 0 saturated carbocycles. The molecule has 0 radical (unpaired) electrons. The molecular weight excluding hydrogens is 385 g/mol. The maximum atomic E-state index is 12.0. The molecule has 0 aromatic heterocycles. The Labute approximate surface area is 136 Å². The lowest BCUT2D eigenvalue weighted by atomic mass is 10.2. The van der Waals surface area contributed by atoms with E-state index in [9.17, 15) is 4.79 Å². The van der Waals surface area contributed by atoms with E-state index in [4.69, 9.17) is 12.2 Å². The molecule has 0 unspecified atom stereocenters. The Hall–Kier alpha value is -1.67. The van der Waals surface area contributed by atoms with E-state index in [-0.39, 0.29) is 5.91 Å². The lowest BCUT2D eigenvalue weighted by molar-refractivity contribution is 0.0943. The number of carbonyl (C=O) groups excluding carboxylic acids is 1. The molecule has 20 heavy (non-hydrogen) atoms. The summed E-state index contributed by atoms with van der Waals surface area (Å²) in [6.45, 7) is 0. The van der Waals surface area contributed by atoms with Gasteiger partial charge in [-0.25, -0.2) is 0 Å². The average molecular weight is 397 g/mol. The summed E-state index contributed by atoms with van der Waals surface area (Å²) >= 11 is 7.21. The third kappa shape index (κ3) is 4.17. The summed E-state index contributed by atoms with van der Waals surface area (Å²) in [6.07, 6.45) is 0. The van der Waals surface area contributed by atoms with Gasteiger partial charge in [-0.15, -0.1) is 0 Å². The summed E-state index contributed by atoms with van der Waals surface area (Å²) in [5.41, 5.74) is 6.69. The molecule has 0 aliphatic rings. The van der Waals surface area contributed by atoms with Gasteiger partial charge in [0.2, 0.25) is 0 Å². The number of hydrazine groups is 1. The number of hydrogen-bond acceptors (Lipinski definition) is 2. The van der Waals surface area contributed by atoms with Crippen LogP contribution in [0.5, 0.6) is 0 Å². The molecular formula is C14H12IN3OS. The molecule has 0 spiro atoms. The van der Waals surface area contributed by atoms with Crippen LogP contribution >= 0.6 is 34.8 Å². The highest BCUT2D eigenvalue weighted by molar-refractivity contribution is 14.1. The number of thiocarbonyl (C=S) groups is 1. The summed E-state index contributed by atoms with van der Waals surface area (Å²) in [5, 5.41) is 3.30. The number of rotatable bonds is 2. The highest BCUT2D eigenvalue weighted by Crippen LogP contribution is 2.10. The van der Waals surface area contributed by atoms with Crippen LogP contribution in [0.25, 0.3) is 0 Å². The number of hydrogen-bond donors (Lipinski definition) is 3. The minimum Gasteiger partial charge on any atom is -0.331 e. The molecule has 0 aliphatic carbocycles. The number of nitrogens with one attached hydrogen (secondary N) is 3. The summed E-state index contributed by atoms with van der Waals surface area (Å²) in [5.74, 6) is -0.229. The van der Waals surface area contributed by atoms with Crippen LogP contribution in [0.3, 0.4) is 0 Å². The summed E-state index contributed by atoms with van der Waals surface area (Å²) < 4.78 is 0.881. The van der Waals surface area contributed by atoms with Crippen molar-refractivity contribution < 1.29 is 4.79 Å². The van der Waals surface area contributed by atoms with Gasteiger partial charge < -0.3 is 5.32 Å². The first-order chi connectivity index (χ1) is 9.66. The molecule has 0 saturated heterocycles. The Morgan fingerprint density at radius 3 is 2.30 bits per heavy atom. The third-order valence-electron chi connectivity index (χ3n) is 2.44. The summed E-state index contributed by atoms with van der Waals surface area (Å²) in [7, 11) is 0. The molecule has 102 valence electrons. The van der Waals surface area contributed by atoms with E-state index in [2.05, 4.69) is 38.8 Å². The first-order valence-electron chi connectivity index (χ1n) is 5.84. The van der Waals surface area contributed by atoms with Crippen molar-refractivity contribution in [2.45, 2.75) is 0 Å². The summed E-state index contributed by atoms with van der Waals surface area (Å²) in [6, 6.07) is 16.8. The van der Waals surface area contributed by atoms with Crippen molar-refractivity contribution in [3.8, 4) is 0 Å². The van der Waals surface area contributed by atoms with Gasteiger partial charge in [-0.05, 0) is 59.1 Å². The van der Waals surface area contributed by atoms with Crippen LogP contribution < -0.4 is 16.2 Å². The van der Waals surface area contributed by atoms with Crippen molar-refractivity contribution in [2.24, 2.45) is 0 Å². The molecule has 6 heteroatoms. The van der Waals surface area contributed by atoms with E-state index in [1.165, 1.54) is 0 Å². The standard InChI is InChI=1S/C14H12IN3OS/c15-12-9-5-4-8-11(12)13(19)17-18-14(20)16-10-6-2-1-3-7-10/h1-9H,(H,17,19)(H2,16,18,20). The van der Waals surface area contributed by atoms with Crippen LogP contribution in [0.15, 0.2) is 54.6 Å². The van der Waals surface area contributed by atoms with Gasteiger partial charge in [-0.1, -0.05) is 30.3 Å². The van der Waals surface area contributed by atoms with Gasteiger partial charge in [0, 0.05) is 9.26 Å². The van der Waals surface area contributed by atoms with Gasteiger partial charge in [-0.2, -0.15) is 0 Å². The highest BCUT2D eigenvalue weighted by atomic mass is 127. The molecule has 3 N–H and O–H groups in total.